The summed E-state index contributed by atoms with van der Waals surface area (Å²) in [5.41, 5.74) is 6.66. The number of amides is 1. The molecule has 0 atom stereocenters. The van der Waals surface area contributed by atoms with E-state index in [0.717, 1.165) is 24.8 Å². The van der Waals surface area contributed by atoms with Crippen LogP contribution in [0, 0.1) is 0 Å². The lowest BCUT2D eigenvalue weighted by Gasteiger charge is -2.36. The van der Waals surface area contributed by atoms with Crippen LogP contribution in [0.3, 0.4) is 0 Å². The number of carbonyl (C=O) groups excluding carboxylic acids is 2. The molecule has 19 heavy (non-hydrogen) atoms. The SMILES string of the molecule is COC(=O)c1ccc(CNC(=O)C2(N)CCC2)cc1. The van der Waals surface area contributed by atoms with E-state index in [0.29, 0.717) is 12.1 Å². The number of nitrogens with two attached hydrogens (primary N) is 1. The Bertz CT molecular complexity index is 478. The van der Waals surface area contributed by atoms with Crippen molar-refractivity contribution in [2.75, 3.05) is 7.11 Å². The largest absolute Gasteiger partial charge is 0.465 e. The summed E-state index contributed by atoms with van der Waals surface area (Å²) in [7, 11) is 1.34. The molecule has 0 aromatic heterocycles. The van der Waals surface area contributed by atoms with Gasteiger partial charge in [0, 0.05) is 6.54 Å². The molecule has 5 heteroatoms. The standard InChI is InChI=1S/C14H18N2O3/c1-19-12(17)11-5-3-10(4-6-11)9-16-13(18)14(15)7-2-8-14/h3-6H,2,7-9,15H2,1H3,(H,16,18). The molecule has 1 fully saturated rings. The van der Waals surface area contributed by atoms with E-state index in [1.165, 1.54) is 7.11 Å². The van der Waals surface area contributed by atoms with Gasteiger partial charge in [0.15, 0.2) is 0 Å². The molecular weight excluding hydrogens is 244 g/mol. The number of carbonyl (C=O) groups is 2. The van der Waals surface area contributed by atoms with Crippen molar-refractivity contribution in [1.29, 1.82) is 0 Å². The van der Waals surface area contributed by atoms with Crippen molar-refractivity contribution in [2.24, 2.45) is 5.73 Å². The zero-order valence-electron chi connectivity index (χ0n) is 10.9. The van der Waals surface area contributed by atoms with Crippen LogP contribution >= 0.6 is 0 Å². The number of hydrogen-bond donors (Lipinski definition) is 2. The second kappa shape index (κ2) is 5.40. The van der Waals surface area contributed by atoms with Crippen molar-refractivity contribution >= 4 is 11.9 Å². The molecule has 1 amide bonds. The van der Waals surface area contributed by atoms with Crippen molar-refractivity contribution in [3.63, 3.8) is 0 Å². The van der Waals surface area contributed by atoms with Crippen LogP contribution in [-0.2, 0) is 16.1 Å². The Morgan fingerprint density at radius 2 is 1.95 bits per heavy atom. The highest BCUT2D eigenvalue weighted by Gasteiger charge is 2.39. The summed E-state index contributed by atoms with van der Waals surface area (Å²) < 4.78 is 4.62. The first-order chi connectivity index (χ1) is 9.05. The lowest BCUT2D eigenvalue weighted by molar-refractivity contribution is -0.129. The Hall–Kier alpha value is -1.88. The summed E-state index contributed by atoms with van der Waals surface area (Å²) in [5, 5.41) is 2.82. The first-order valence-corrected chi connectivity index (χ1v) is 6.29. The van der Waals surface area contributed by atoms with Crippen LogP contribution in [0.4, 0.5) is 0 Å². The third kappa shape index (κ3) is 2.93. The summed E-state index contributed by atoms with van der Waals surface area (Å²) in [6.07, 6.45) is 2.51. The molecule has 1 aromatic rings. The lowest BCUT2D eigenvalue weighted by Crippen LogP contribution is -2.58. The third-order valence-corrected chi connectivity index (χ3v) is 3.53. The van der Waals surface area contributed by atoms with E-state index in [-0.39, 0.29) is 11.9 Å². The molecule has 1 aliphatic rings. The van der Waals surface area contributed by atoms with Gasteiger partial charge in [-0.15, -0.1) is 0 Å². The number of rotatable bonds is 4. The molecule has 0 bridgehead atoms. The summed E-state index contributed by atoms with van der Waals surface area (Å²) >= 11 is 0. The van der Waals surface area contributed by atoms with Gasteiger partial charge >= 0.3 is 5.97 Å². The fourth-order valence-corrected chi connectivity index (χ4v) is 2.02. The molecule has 0 radical (unpaired) electrons. The average molecular weight is 262 g/mol. The van der Waals surface area contributed by atoms with Crippen LogP contribution < -0.4 is 11.1 Å². The minimum absolute atomic E-state index is 0.101. The predicted octanol–water partition coefficient (Wildman–Crippen LogP) is 0.971. The first-order valence-electron chi connectivity index (χ1n) is 6.29. The first kappa shape index (κ1) is 13.5. The van der Waals surface area contributed by atoms with Gasteiger partial charge in [0.25, 0.3) is 0 Å². The molecule has 1 aromatic carbocycles. The fourth-order valence-electron chi connectivity index (χ4n) is 2.02. The minimum atomic E-state index is -0.675. The number of nitrogens with one attached hydrogen (secondary N) is 1. The van der Waals surface area contributed by atoms with Crippen LogP contribution in [0.2, 0.25) is 0 Å². The third-order valence-electron chi connectivity index (χ3n) is 3.53. The highest BCUT2D eigenvalue weighted by molar-refractivity contribution is 5.89. The van der Waals surface area contributed by atoms with Crippen molar-refractivity contribution in [3.8, 4) is 0 Å². The smallest absolute Gasteiger partial charge is 0.337 e. The number of ether oxygens (including phenoxy) is 1. The number of hydrogen-bond acceptors (Lipinski definition) is 4. The summed E-state index contributed by atoms with van der Waals surface area (Å²) in [6, 6.07) is 6.93. The average Bonchev–Trinajstić information content (AvgIpc) is 2.41. The molecule has 102 valence electrons. The van der Waals surface area contributed by atoms with E-state index < -0.39 is 5.54 Å². The van der Waals surface area contributed by atoms with E-state index in [1.807, 2.05) is 0 Å². The highest BCUT2D eigenvalue weighted by atomic mass is 16.5. The van der Waals surface area contributed by atoms with Gasteiger partial charge < -0.3 is 15.8 Å². The van der Waals surface area contributed by atoms with Gasteiger partial charge in [0.1, 0.15) is 0 Å². The molecule has 0 spiro atoms. The van der Waals surface area contributed by atoms with Crippen LogP contribution in [0.15, 0.2) is 24.3 Å². The second-order valence-electron chi connectivity index (χ2n) is 4.88. The second-order valence-corrected chi connectivity index (χ2v) is 4.88. The maximum atomic E-state index is 11.8. The summed E-state index contributed by atoms with van der Waals surface area (Å²) in [4.78, 5) is 23.1. The van der Waals surface area contributed by atoms with E-state index in [2.05, 4.69) is 10.1 Å². The number of methoxy groups -OCH3 is 1. The van der Waals surface area contributed by atoms with Crippen molar-refractivity contribution in [1.82, 2.24) is 5.32 Å². The van der Waals surface area contributed by atoms with Crippen LogP contribution in [-0.4, -0.2) is 24.5 Å². The van der Waals surface area contributed by atoms with E-state index in [1.54, 1.807) is 24.3 Å². The summed E-state index contributed by atoms with van der Waals surface area (Å²) in [5.74, 6) is -0.471. The van der Waals surface area contributed by atoms with Crippen LogP contribution in [0.25, 0.3) is 0 Å². The number of benzene rings is 1. The highest BCUT2D eigenvalue weighted by Crippen LogP contribution is 2.29. The Kier molecular flexibility index (Phi) is 3.85. The molecule has 0 heterocycles. The van der Waals surface area contributed by atoms with Gasteiger partial charge in [-0.2, -0.15) is 0 Å². The van der Waals surface area contributed by atoms with E-state index in [9.17, 15) is 9.59 Å². The normalized spacial score (nSPS) is 16.3. The van der Waals surface area contributed by atoms with Crippen molar-refractivity contribution in [3.05, 3.63) is 35.4 Å². The van der Waals surface area contributed by atoms with E-state index in [4.69, 9.17) is 5.73 Å². The van der Waals surface area contributed by atoms with Gasteiger partial charge in [-0.1, -0.05) is 12.1 Å². The minimum Gasteiger partial charge on any atom is -0.465 e. The topological polar surface area (TPSA) is 81.4 Å². The van der Waals surface area contributed by atoms with Gasteiger partial charge in [-0.05, 0) is 37.0 Å². The molecule has 0 saturated heterocycles. The van der Waals surface area contributed by atoms with Crippen molar-refractivity contribution in [2.45, 2.75) is 31.3 Å². The predicted molar refractivity (Wildman–Crippen MR) is 70.4 cm³/mol. The zero-order valence-corrected chi connectivity index (χ0v) is 10.9. The Morgan fingerprint density at radius 1 is 1.32 bits per heavy atom. The van der Waals surface area contributed by atoms with Gasteiger partial charge in [-0.25, -0.2) is 4.79 Å². The van der Waals surface area contributed by atoms with Crippen molar-refractivity contribution < 1.29 is 14.3 Å². The van der Waals surface area contributed by atoms with Gasteiger partial charge in [0.2, 0.25) is 5.91 Å². The molecule has 1 aliphatic carbocycles. The fraction of sp³-hybridized carbons (Fsp3) is 0.429. The van der Waals surface area contributed by atoms with E-state index >= 15 is 0 Å². The molecule has 1 saturated carbocycles. The number of esters is 1. The Labute approximate surface area is 112 Å². The summed E-state index contributed by atoms with van der Waals surface area (Å²) in [6.45, 7) is 0.416. The quantitative estimate of drug-likeness (QED) is 0.792. The maximum absolute atomic E-state index is 11.8. The molecule has 0 aliphatic heterocycles. The lowest BCUT2D eigenvalue weighted by atomic mass is 9.77. The molecule has 0 unspecified atom stereocenters. The van der Waals surface area contributed by atoms with Gasteiger partial charge in [0.05, 0.1) is 18.2 Å². The molecule has 2 rings (SSSR count). The Morgan fingerprint density at radius 3 is 2.42 bits per heavy atom. The monoisotopic (exact) mass is 262 g/mol. The van der Waals surface area contributed by atoms with Crippen LogP contribution in [0.5, 0.6) is 0 Å². The Balaban J connectivity index is 1.89. The molecule has 3 N–H and O–H groups in total. The molecule has 5 nitrogen and oxygen atoms in total. The molecular formula is C14H18N2O3. The zero-order chi connectivity index (χ0) is 13.9. The maximum Gasteiger partial charge on any atom is 0.337 e. The van der Waals surface area contributed by atoms with Gasteiger partial charge in [-0.3, -0.25) is 4.79 Å². The van der Waals surface area contributed by atoms with Crippen LogP contribution in [0.1, 0.15) is 35.2 Å².